The van der Waals surface area contributed by atoms with Gasteiger partial charge in [-0.05, 0) is 59.5 Å². The van der Waals surface area contributed by atoms with E-state index >= 15 is 9.59 Å². The van der Waals surface area contributed by atoms with Crippen molar-refractivity contribution in [2.24, 2.45) is 5.73 Å². The number of ether oxygens (including phenoxy) is 6. The van der Waals surface area contributed by atoms with Crippen LogP contribution in [0.1, 0.15) is 125 Å². The average Bonchev–Trinajstić information content (AvgIpc) is 1.76. The number of thiazole rings is 5. The van der Waals surface area contributed by atoms with Crippen LogP contribution in [0.3, 0.4) is 0 Å². The smallest absolute Gasteiger partial charge is 0.355 e. The van der Waals surface area contributed by atoms with E-state index in [1.54, 1.807) is 56.4 Å². The molecule has 0 spiro atoms. The van der Waals surface area contributed by atoms with Gasteiger partial charge in [0.25, 0.3) is 29.5 Å². The fourth-order valence-corrected chi connectivity index (χ4v) is 15.8. The number of amides is 6. The van der Waals surface area contributed by atoms with Gasteiger partial charge in [-0.3, -0.25) is 28.8 Å². The summed E-state index contributed by atoms with van der Waals surface area (Å²) in [4.78, 5) is 147. The Morgan fingerprint density at radius 1 is 0.845 bits per heavy atom. The van der Waals surface area contributed by atoms with Crippen molar-refractivity contribution >= 4 is 121 Å². The molecule has 4 aliphatic heterocycles. The average molecular weight is 1420 g/mol. The number of carbonyl (C=O) groups excluding carboxylic acids is 8. The number of rotatable bonds is 9. The quantitative estimate of drug-likeness (QED) is 0.0550. The number of cyclic esters (lactones) is 2. The van der Waals surface area contributed by atoms with Crippen LogP contribution < -0.4 is 32.3 Å². The molecule has 12 bridgehead atoms. The number of hydrogen-bond acceptors (Lipinski definition) is 29. The van der Waals surface area contributed by atoms with Crippen LogP contribution in [0.5, 0.6) is 5.75 Å². The molecule has 0 saturated carbocycles. The molecule has 0 radical (unpaired) electrons. The second-order valence-corrected chi connectivity index (χ2v) is 27.5. The van der Waals surface area contributed by atoms with Crippen molar-refractivity contribution in [3.8, 4) is 38.4 Å². The number of allylic oxidation sites excluding steroid dienone is 1. The van der Waals surface area contributed by atoms with E-state index in [9.17, 15) is 44.1 Å². The molecule has 1 saturated heterocycles. The van der Waals surface area contributed by atoms with Crippen LogP contribution in [-0.2, 0) is 56.0 Å². The summed E-state index contributed by atoms with van der Waals surface area (Å²) in [5, 5.41) is 55.8. The van der Waals surface area contributed by atoms with Crippen molar-refractivity contribution in [1.29, 1.82) is 0 Å². The fourth-order valence-electron chi connectivity index (χ4n) is 11.6. The fraction of sp³-hybridized carbons (Fsp3) is 0.344. The molecule has 31 nitrogen and oxygen atoms in total. The number of nitrogens with zero attached hydrogens (tertiary/aromatic N) is 7. The van der Waals surface area contributed by atoms with Crippen LogP contribution in [-0.4, -0.2) is 179 Å². The molecule has 10 atom stereocenters. The SMILES string of the molecule is C=C(NC(=O)c1csc(-c2nc3c(cc2O)-c2nc(cs2)C(=O)N[C@@H](C(C)O)C(=O)N/C(=C(\C)OC)c2nc(cs2)C(=O)NC2c4nc(cs4)C(=O)N[C@@H](COC(=O)c4[nH]c5cccc6c5c4COC2[C@H](O[C@H]2CC(C)(O)[C@H](N(C)C)C(C)O2)C(=O)OC6)c2nc-3cs2)n1)C(N)=O. The highest BCUT2D eigenvalue weighted by atomic mass is 32.1. The number of fused-ring (bicyclic) bond motifs is 15. The Kier molecular flexibility index (Phi) is 19.0. The highest BCUT2D eigenvalue weighted by Crippen LogP contribution is 2.43. The predicted molar refractivity (Wildman–Crippen MR) is 349 cm³/mol. The molecule has 4 aliphatic rings. The Morgan fingerprint density at radius 2 is 1.52 bits per heavy atom. The minimum atomic E-state index is -1.86. The lowest BCUT2D eigenvalue weighted by molar-refractivity contribution is -0.280. The molecule has 1 aromatic carbocycles. The van der Waals surface area contributed by atoms with Crippen LogP contribution in [0.25, 0.3) is 49.3 Å². The Hall–Kier alpha value is -9.34. The molecule has 97 heavy (non-hydrogen) atoms. The van der Waals surface area contributed by atoms with E-state index < -0.39 is 133 Å². The van der Waals surface area contributed by atoms with E-state index in [1.807, 2.05) is 0 Å². The zero-order valence-electron chi connectivity index (χ0n) is 52.2. The monoisotopic (exact) mass is 1420 g/mol. The number of aromatic amines is 1. The molecule has 11 heterocycles. The number of aromatic nitrogens is 7. The van der Waals surface area contributed by atoms with E-state index in [-0.39, 0.29) is 106 Å². The van der Waals surface area contributed by atoms with Gasteiger partial charge in [0.2, 0.25) is 5.91 Å². The van der Waals surface area contributed by atoms with Gasteiger partial charge in [0.15, 0.2) is 12.4 Å². The third-order valence-corrected chi connectivity index (χ3v) is 20.7. The van der Waals surface area contributed by atoms with E-state index in [2.05, 4.69) is 53.1 Å². The normalized spacial score (nSPS) is 24.1. The number of benzene rings is 1. The Balaban J connectivity index is 1.03. The van der Waals surface area contributed by atoms with Gasteiger partial charge in [0.1, 0.15) is 125 Å². The number of H-pyrrole nitrogens is 1. The Morgan fingerprint density at radius 3 is 2.24 bits per heavy atom. The number of carbonyl (C=O) groups is 8. The summed E-state index contributed by atoms with van der Waals surface area (Å²) in [6.45, 7) is 8.10. The molecule has 12 rings (SSSR count). The summed E-state index contributed by atoms with van der Waals surface area (Å²) in [7, 11) is 4.88. The number of nitrogens with one attached hydrogen (secondary N) is 6. The first-order chi connectivity index (χ1) is 46.2. The number of aliphatic hydroxyl groups excluding tert-OH is 1. The lowest BCUT2D eigenvalue weighted by Crippen LogP contribution is -2.62. The number of aliphatic hydroxyl groups is 2. The van der Waals surface area contributed by atoms with Crippen LogP contribution >= 0.6 is 56.7 Å². The maximum absolute atomic E-state index is 15.2. The van der Waals surface area contributed by atoms with E-state index in [1.165, 1.54) is 48.5 Å². The van der Waals surface area contributed by atoms with Crippen molar-refractivity contribution in [2.45, 2.75) is 108 Å². The third-order valence-electron chi connectivity index (χ3n) is 16.2. The van der Waals surface area contributed by atoms with Crippen molar-refractivity contribution < 1.29 is 82.1 Å². The van der Waals surface area contributed by atoms with Crippen molar-refractivity contribution in [3.05, 3.63) is 124 Å². The van der Waals surface area contributed by atoms with E-state index in [4.69, 9.17) is 49.1 Å². The maximum Gasteiger partial charge on any atom is 0.355 e. The van der Waals surface area contributed by atoms with Crippen LogP contribution in [0.15, 0.2) is 69.2 Å². The predicted octanol–water partition coefficient (Wildman–Crippen LogP) is 4.18. The van der Waals surface area contributed by atoms with Gasteiger partial charge in [0, 0.05) is 55.4 Å². The highest BCUT2D eigenvalue weighted by molar-refractivity contribution is 7.14. The van der Waals surface area contributed by atoms with Crippen LogP contribution in [0.4, 0.5) is 0 Å². The van der Waals surface area contributed by atoms with Gasteiger partial charge in [-0.1, -0.05) is 18.7 Å². The number of nitrogens with two attached hydrogens (primary N) is 1. The molecule has 8 aromatic rings. The first-order valence-electron chi connectivity index (χ1n) is 29.5. The van der Waals surface area contributed by atoms with Gasteiger partial charge in [-0.15, -0.1) is 56.7 Å². The molecule has 11 N–H and O–H groups in total. The van der Waals surface area contributed by atoms with Gasteiger partial charge in [-0.2, -0.15) is 0 Å². The maximum atomic E-state index is 15.2. The summed E-state index contributed by atoms with van der Waals surface area (Å²) in [5.74, 6) is -7.84. The number of primary amides is 1. The number of hydrogen-bond donors (Lipinski definition) is 10. The summed E-state index contributed by atoms with van der Waals surface area (Å²) >= 11 is 4.59. The van der Waals surface area contributed by atoms with E-state index in [0.29, 0.717) is 16.5 Å². The van der Waals surface area contributed by atoms with Gasteiger partial charge in [0.05, 0.1) is 43.3 Å². The zero-order valence-corrected chi connectivity index (χ0v) is 56.3. The highest BCUT2D eigenvalue weighted by Gasteiger charge is 2.50. The lowest BCUT2D eigenvalue weighted by Gasteiger charge is -2.48. The minimum Gasteiger partial charge on any atom is -0.506 e. The van der Waals surface area contributed by atoms with Crippen molar-refractivity contribution in [1.82, 2.24) is 66.4 Å². The summed E-state index contributed by atoms with van der Waals surface area (Å²) in [5.41, 5.74) is 3.34. The Bertz CT molecular complexity index is 4550. The standard InChI is InChI=1S/C61H60N14O17S5/c1-22(48(62)78)63-49(79)32-19-96-57(69-32)43-36(77)12-27-41(71-43)31-17-94-55(66-31)30-16-90-59(84)42-28-15-88-45(46(60(85)89-14-26-10-9-11-29(64-42)38(26)28)92-37-13-61(5,86)47(75(6)7)25(4)91-37)44(58-70-33(20-97-58)50(80)65-30)74-52(82)35-21-95-56(68-35)40(24(3)87-8)73-53(83)39(23(2)76)72-51(81)34-18-93-54(27)67-34/h9-12,17-21,23,25,30,37,39,44-47,64,76-77,86H,1,13-16H2,2-8H3,(H2,62,78)(H,63,79)(H,65,80)(H,72,81)(H,73,83)(H,74,82)/b40-24+/t23?,25?,30-,37-,39-,44?,45?,46-,47+,61?/m0/s1. The third kappa shape index (κ3) is 13.6. The molecule has 5 unspecified atom stereocenters. The molecular weight excluding hydrogens is 1360 g/mol. The van der Waals surface area contributed by atoms with Crippen LogP contribution in [0, 0.1) is 0 Å². The number of methoxy groups -OCH3 is 1. The summed E-state index contributed by atoms with van der Waals surface area (Å²) < 4.78 is 37.8. The number of likely N-dealkylation sites (N-methyl/N-ethyl adjacent to an activating group) is 1. The first-order valence-corrected chi connectivity index (χ1v) is 33.9. The Labute approximate surface area is 569 Å². The van der Waals surface area contributed by atoms with Gasteiger partial charge >= 0.3 is 11.9 Å². The molecular formula is C61H60N14O17S5. The van der Waals surface area contributed by atoms with Gasteiger partial charge in [-0.25, -0.2) is 39.5 Å². The molecule has 0 aliphatic carbocycles. The number of esters is 2. The second-order valence-electron chi connectivity index (χ2n) is 23.2. The van der Waals surface area contributed by atoms with Gasteiger partial charge < -0.3 is 85.9 Å². The minimum absolute atomic E-state index is 0.00124. The molecule has 1 fully saturated rings. The largest absolute Gasteiger partial charge is 0.506 e. The first kappa shape index (κ1) is 67.6. The zero-order chi connectivity index (χ0) is 69.0. The van der Waals surface area contributed by atoms with Crippen molar-refractivity contribution in [3.63, 3.8) is 0 Å². The molecule has 7 aromatic heterocycles. The molecule has 6 amide bonds. The number of aromatic hydroxyl groups is 1. The number of pyridine rings is 1. The van der Waals surface area contributed by atoms with Crippen molar-refractivity contribution in [2.75, 3.05) is 27.8 Å². The summed E-state index contributed by atoms with van der Waals surface area (Å²) in [6.07, 6.45) is -7.30. The second kappa shape index (κ2) is 27.3. The topological polar surface area (TPSA) is 435 Å². The summed E-state index contributed by atoms with van der Waals surface area (Å²) in [6, 6.07) is 1.24. The van der Waals surface area contributed by atoms with E-state index in [0.717, 1.165) is 56.7 Å². The molecule has 506 valence electrons. The lowest BCUT2D eigenvalue weighted by atomic mass is 9.85. The molecule has 36 heteroatoms. The van der Waals surface area contributed by atoms with Crippen LogP contribution in [0.2, 0.25) is 0 Å².